The molecule has 4 atom stereocenters. The predicted molar refractivity (Wildman–Crippen MR) is 62.2 cm³/mol. The summed E-state index contributed by atoms with van der Waals surface area (Å²) in [6, 6.07) is 0. The van der Waals surface area contributed by atoms with Crippen molar-refractivity contribution in [2.75, 3.05) is 0 Å². The van der Waals surface area contributed by atoms with E-state index in [2.05, 4.69) is 34.6 Å². The Hall–Kier alpha value is 0. The average Bonchev–Trinajstić information content (AvgIpc) is 2.70. The molecule has 2 aliphatic carbocycles. The van der Waals surface area contributed by atoms with Crippen molar-refractivity contribution >= 4 is 0 Å². The Balaban J connectivity index is 2.23. The molecule has 0 radical (unpaired) electrons. The molecule has 0 aromatic carbocycles. The van der Waals surface area contributed by atoms with Crippen LogP contribution in [-0.2, 0) is 0 Å². The summed E-state index contributed by atoms with van der Waals surface area (Å²) in [6.07, 6.45) is 5.83. The SMILES string of the molecule is CCC12CCC(C)CC(C)(C)C1C2C. The minimum absolute atomic E-state index is 0.603. The average molecular weight is 194 g/mol. The highest BCUT2D eigenvalue weighted by molar-refractivity contribution is 5.14. The fourth-order valence-corrected chi connectivity index (χ4v) is 4.90. The van der Waals surface area contributed by atoms with Crippen molar-refractivity contribution in [2.45, 2.75) is 60.3 Å². The lowest BCUT2D eigenvalue weighted by molar-refractivity contribution is 0.223. The van der Waals surface area contributed by atoms with Gasteiger partial charge in [-0.25, -0.2) is 0 Å². The van der Waals surface area contributed by atoms with E-state index >= 15 is 0 Å². The van der Waals surface area contributed by atoms with Crippen LogP contribution in [0.25, 0.3) is 0 Å². The Morgan fingerprint density at radius 2 is 1.86 bits per heavy atom. The molecule has 0 heterocycles. The lowest BCUT2D eigenvalue weighted by atomic mass is 9.78. The highest BCUT2D eigenvalue weighted by atomic mass is 14.7. The van der Waals surface area contributed by atoms with Crippen molar-refractivity contribution in [3.8, 4) is 0 Å². The van der Waals surface area contributed by atoms with Crippen LogP contribution in [0.1, 0.15) is 60.3 Å². The van der Waals surface area contributed by atoms with Crippen molar-refractivity contribution in [3.63, 3.8) is 0 Å². The highest BCUT2D eigenvalue weighted by Crippen LogP contribution is 2.72. The normalized spacial score (nSPS) is 50.8. The molecule has 4 unspecified atom stereocenters. The van der Waals surface area contributed by atoms with E-state index < -0.39 is 0 Å². The minimum atomic E-state index is 0.603. The molecule has 2 aliphatic rings. The molecule has 0 saturated heterocycles. The monoisotopic (exact) mass is 194 g/mol. The molecule has 0 N–H and O–H groups in total. The summed E-state index contributed by atoms with van der Waals surface area (Å²) >= 11 is 0. The van der Waals surface area contributed by atoms with Crippen LogP contribution in [0, 0.1) is 28.6 Å². The van der Waals surface area contributed by atoms with Crippen LogP contribution in [0.15, 0.2) is 0 Å². The third kappa shape index (κ3) is 1.26. The first-order valence-electron chi connectivity index (χ1n) is 6.44. The highest BCUT2D eigenvalue weighted by Gasteiger charge is 2.65. The Morgan fingerprint density at radius 3 is 2.43 bits per heavy atom. The Labute approximate surface area is 89.5 Å². The van der Waals surface area contributed by atoms with E-state index in [1.165, 1.54) is 25.7 Å². The first-order valence-corrected chi connectivity index (χ1v) is 6.44. The molecule has 2 fully saturated rings. The first-order chi connectivity index (χ1) is 6.44. The summed E-state index contributed by atoms with van der Waals surface area (Å²) in [5.74, 6) is 2.97. The molecule has 2 rings (SSSR count). The van der Waals surface area contributed by atoms with Gasteiger partial charge < -0.3 is 0 Å². The van der Waals surface area contributed by atoms with Gasteiger partial charge in [0.1, 0.15) is 0 Å². The van der Waals surface area contributed by atoms with Crippen LogP contribution in [0.4, 0.5) is 0 Å². The molecule has 0 nitrogen and oxygen atoms in total. The molecule has 0 bridgehead atoms. The van der Waals surface area contributed by atoms with E-state index in [1.807, 2.05) is 0 Å². The van der Waals surface area contributed by atoms with Crippen molar-refractivity contribution in [2.24, 2.45) is 28.6 Å². The van der Waals surface area contributed by atoms with Crippen LogP contribution >= 0.6 is 0 Å². The van der Waals surface area contributed by atoms with Crippen molar-refractivity contribution in [1.29, 1.82) is 0 Å². The van der Waals surface area contributed by atoms with Crippen LogP contribution in [0.3, 0.4) is 0 Å². The molecule has 0 aromatic rings. The summed E-state index contributed by atoms with van der Waals surface area (Å²) < 4.78 is 0. The second-order valence-electron chi connectivity index (χ2n) is 6.69. The van der Waals surface area contributed by atoms with Crippen molar-refractivity contribution in [1.82, 2.24) is 0 Å². The molecule has 82 valence electrons. The van der Waals surface area contributed by atoms with E-state index in [0.717, 1.165) is 23.2 Å². The maximum Gasteiger partial charge on any atom is -0.0235 e. The van der Waals surface area contributed by atoms with E-state index in [9.17, 15) is 0 Å². The van der Waals surface area contributed by atoms with Gasteiger partial charge in [0.2, 0.25) is 0 Å². The van der Waals surface area contributed by atoms with Gasteiger partial charge in [0.15, 0.2) is 0 Å². The Kier molecular flexibility index (Phi) is 2.25. The fourth-order valence-electron chi connectivity index (χ4n) is 4.90. The molecular formula is C14H26. The molecular weight excluding hydrogens is 168 g/mol. The summed E-state index contributed by atoms with van der Waals surface area (Å²) in [7, 11) is 0. The largest absolute Gasteiger partial charge is 0.0648 e. The van der Waals surface area contributed by atoms with E-state index in [1.54, 1.807) is 0 Å². The van der Waals surface area contributed by atoms with Gasteiger partial charge in [-0.3, -0.25) is 0 Å². The predicted octanol–water partition coefficient (Wildman–Crippen LogP) is 4.49. The standard InChI is InChI=1S/C14H26/c1-6-14-8-7-10(2)9-13(4,5)12(14)11(14)3/h10-12H,6-9H2,1-5H3. The maximum absolute atomic E-state index is 2.51. The Bertz CT molecular complexity index is 228. The van der Waals surface area contributed by atoms with E-state index in [0.29, 0.717) is 5.41 Å². The van der Waals surface area contributed by atoms with Crippen molar-refractivity contribution < 1.29 is 0 Å². The van der Waals surface area contributed by atoms with Crippen LogP contribution in [-0.4, -0.2) is 0 Å². The number of hydrogen-bond acceptors (Lipinski definition) is 0. The van der Waals surface area contributed by atoms with Crippen LogP contribution in [0.5, 0.6) is 0 Å². The molecule has 0 spiro atoms. The molecule has 14 heavy (non-hydrogen) atoms. The molecule has 2 saturated carbocycles. The zero-order valence-electron chi connectivity index (χ0n) is 10.6. The van der Waals surface area contributed by atoms with Gasteiger partial charge in [0, 0.05) is 0 Å². The van der Waals surface area contributed by atoms with Gasteiger partial charge in [-0.15, -0.1) is 0 Å². The van der Waals surface area contributed by atoms with Gasteiger partial charge in [-0.05, 0) is 47.8 Å². The van der Waals surface area contributed by atoms with Crippen LogP contribution in [0.2, 0.25) is 0 Å². The van der Waals surface area contributed by atoms with Crippen molar-refractivity contribution in [3.05, 3.63) is 0 Å². The third-order valence-electron chi connectivity index (χ3n) is 5.39. The lowest BCUT2D eigenvalue weighted by Crippen LogP contribution is -2.19. The van der Waals surface area contributed by atoms with Gasteiger partial charge in [-0.1, -0.05) is 41.0 Å². The van der Waals surface area contributed by atoms with E-state index in [4.69, 9.17) is 0 Å². The third-order valence-corrected chi connectivity index (χ3v) is 5.39. The topological polar surface area (TPSA) is 0 Å². The fraction of sp³-hybridized carbons (Fsp3) is 1.00. The molecule has 0 aromatic heterocycles. The smallest absolute Gasteiger partial charge is 0.0235 e. The minimum Gasteiger partial charge on any atom is -0.0648 e. The maximum atomic E-state index is 2.51. The summed E-state index contributed by atoms with van der Waals surface area (Å²) in [5, 5.41) is 0. The zero-order chi connectivity index (χ0) is 10.6. The quantitative estimate of drug-likeness (QED) is 0.577. The zero-order valence-corrected chi connectivity index (χ0v) is 10.6. The lowest BCUT2D eigenvalue weighted by Gasteiger charge is -2.27. The van der Waals surface area contributed by atoms with E-state index in [-0.39, 0.29) is 0 Å². The number of fused-ring (bicyclic) bond motifs is 1. The Morgan fingerprint density at radius 1 is 1.21 bits per heavy atom. The first kappa shape index (κ1) is 10.5. The van der Waals surface area contributed by atoms with Gasteiger partial charge in [-0.2, -0.15) is 0 Å². The second kappa shape index (κ2) is 3.00. The molecule has 0 aliphatic heterocycles. The molecule has 0 amide bonds. The number of rotatable bonds is 1. The van der Waals surface area contributed by atoms with Gasteiger partial charge >= 0.3 is 0 Å². The van der Waals surface area contributed by atoms with Gasteiger partial charge in [0.25, 0.3) is 0 Å². The van der Waals surface area contributed by atoms with Crippen LogP contribution < -0.4 is 0 Å². The second-order valence-corrected chi connectivity index (χ2v) is 6.69. The number of hydrogen-bond donors (Lipinski definition) is 0. The summed E-state index contributed by atoms with van der Waals surface area (Å²) in [4.78, 5) is 0. The van der Waals surface area contributed by atoms with Gasteiger partial charge in [0.05, 0.1) is 0 Å². The summed E-state index contributed by atoms with van der Waals surface area (Å²) in [6.45, 7) is 12.4. The molecule has 0 heteroatoms. The summed E-state index contributed by atoms with van der Waals surface area (Å²) in [5.41, 5.74) is 1.35.